The van der Waals surface area contributed by atoms with Gasteiger partial charge in [0.2, 0.25) is 0 Å². The van der Waals surface area contributed by atoms with Gasteiger partial charge >= 0.3 is 5.97 Å². The van der Waals surface area contributed by atoms with Crippen LogP contribution in [0.25, 0.3) is 0 Å². The third kappa shape index (κ3) is 3.78. The third-order valence-electron chi connectivity index (χ3n) is 4.05. The molecular formula is C17H23NO4. The average molecular weight is 305 g/mol. The molecule has 22 heavy (non-hydrogen) atoms. The molecule has 1 heterocycles. The molecule has 1 N–H and O–H groups in total. The van der Waals surface area contributed by atoms with Crippen molar-refractivity contribution in [3.8, 4) is 5.75 Å². The number of piperidine rings is 1. The van der Waals surface area contributed by atoms with E-state index in [1.165, 1.54) is 0 Å². The Kier molecular flexibility index (Phi) is 5.41. The molecule has 1 amide bonds. The largest absolute Gasteiger partial charge is 0.494 e. The van der Waals surface area contributed by atoms with Gasteiger partial charge < -0.3 is 14.7 Å². The summed E-state index contributed by atoms with van der Waals surface area (Å²) in [5, 5.41) is 9.18. The van der Waals surface area contributed by atoms with Crippen molar-refractivity contribution in [1.29, 1.82) is 0 Å². The molecule has 0 bridgehead atoms. The highest BCUT2D eigenvalue weighted by molar-refractivity contribution is 5.95. The molecule has 1 aliphatic rings. The van der Waals surface area contributed by atoms with Crippen molar-refractivity contribution >= 4 is 11.9 Å². The average Bonchev–Trinajstić information content (AvgIpc) is 2.52. The lowest BCUT2D eigenvalue weighted by atomic mass is 9.93. The molecule has 0 aromatic heterocycles. The van der Waals surface area contributed by atoms with Gasteiger partial charge in [0.05, 0.1) is 12.5 Å². The maximum atomic E-state index is 12.7. The lowest BCUT2D eigenvalue weighted by Crippen LogP contribution is -2.47. The molecule has 1 saturated heterocycles. The van der Waals surface area contributed by atoms with Gasteiger partial charge in [-0.3, -0.25) is 9.59 Å². The van der Waals surface area contributed by atoms with Gasteiger partial charge in [-0.2, -0.15) is 0 Å². The van der Waals surface area contributed by atoms with E-state index in [-0.39, 0.29) is 18.5 Å². The highest BCUT2D eigenvalue weighted by atomic mass is 16.5. The fraction of sp³-hybridized carbons (Fsp3) is 0.529. The lowest BCUT2D eigenvalue weighted by molar-refractivity contribution is -0.143. The van der Waals surface area contributed by atoms with E-state index in [9.17, 15) is 14.7 Å². The molecule has 0 spiro atoms. The first-order chi connectivity index (χ1) is 10.5. The number of nitrogens with zero attached hydrogens (tertiary/aromatic N) is 1. The van der Waals surface area contributed by atoms with Crippen LogP contribution in [0.15, 0.2) is 24.3 Å². The van der Waals surface area contributed by atoms with Crippen molar-refractivity contribution in [1.82, 2.24) is 4.90 Å². The number of hydrogen-bond acceptors (Lipinski definition) is 3. The number of carbonyl (C=O) groups excluding carboxylic acids is 1. The minimum atomic E-state index is -0.829. The number of carbonyl (C=O) groups is 2. The van der Waals surface area contributed by atoms with Crippen LogP contribution in [-0.2, 0) is 4.79 Å². The molecule has 1 fully saturated rings. The highest BCUT2D eigenvalue weighted by Crippen LogP contribution is 2.25. The number of rotatable bonds is 5. The molecule has 0 aliphatic carbocycles. The number of amides is 1. The number of carboxylic acid groups (broad SMARTS) is 1. The van der Waals surface area contributed by atoms with Crippen LogP contribution >= 0.6 is 0 Å². The quantitative estimate of drug-likeness (QED) is 0.908. The number of carboxylic acids is 1. The Labute approximate surface area is 130 Å². The number of benzene rings is 1. The first-order valence-electron chi connectivity index (χ1n) is 7.79. The molecule has 1 aromatic rings. The topological polar surface area (TPSA) is 66.8 Å². The zero-order valence-electron chi connectivity index (χ0n) is 13.1. The van der Waals surface area contributed by atoms with E-state index in [2.05, 4.69) is 0 Å². The molecule has 5 nitrogen and oxygen atoms in total. The van der Waals surface area contributed by atoms with Crippen LogP contribution in [-0.4, -0.2) is 41.1 Å². The van der Waals surface area contributed by atoms with Crippen LogP contribution in [0.2, 0.25) is 0 Å². The number of aliphatic carboxylic acids is 1. The Hall–Kier alpha value is -2.04. The number of hydrogen-bond donors (Lipinski definition) is 1. The van der Waals surface area contributed by atoms with Crippen molar-refractivity contribution < 1.29 is 19.4 Å². The molecule has 120 valence electrons. The second kappa shape index (κ2) is 7.29. The lowest BCUT2D eigenvalue weighted by Gasteiger charge is -2.36. The zero-order chi connectivity index (χ0) is 16.1. The maximum Gasteiger partial charge on any atom is 0.308 e. The third-order valence-corrected chi connectivity index (χ3v) is 4.05. The van der Waals surface area contributed by atoms with Gasteiger partial charge in [-0.1, -0.05) is 13.0 Å². The van der Waals surface area contributed by atoms with E-state index < -0.39 is 11.9 Å². The summed E-state index contributed by atoms with van der Waals surface area (Å²) in [4.78, 5) is 25.5. The summed E-state index contributed by atoms with van der Waals surface area (Å²) in [5.74, 6) is -0.753. The van der Waals surface area contributed by atoms with E-state index in [0.717, 1.165) is 6.42 Å². The van der Waals surface area contributed by atoms with Crippen molar-refractivity contribution in [2.75, 3.05) is 13.2 Å². The summed E-state index contributed by atoms with van der Waals surface area (Å²) in [6.07, 6.45) is 2.25. The second-order valence-corrected chi connectivity index (χ2v) is 5.80. The van der Waals surface area contributed by atoms with Crippen LogP contribution < -0.4 is 4.74 Å². The Morgan fingerprint density at radius 2 is 2.14 bits per heavy atom. The van der Waals surface area contributed by atoms with Crippen LogP contribution in [0.5, 0.6) is 5.75 Å². The van der Waals surface area contributed by atoms with Crippen molar-refractivity contribution in [2.24, 2.45) is 5.92 Å². The predicted octanol–water partition coefficient (Wildman–Crippen LogP) is 2.80. The summed E-state index contributed by atoms with van der Waals surface area (Å²) < 4.78 is 5.55. The fourth-order valence-electron chi connectivity index (χ4n) is 2.70. The summed E-state index contributed by atoms with van der Waals surface area (Å²) in [6.45, 7) is 4.87. The van der Waals surface area contributed by atoms with Crippen molar-refractivity contribution in [3.63, 3.8) is 0 Å². The summed E-state index contributed by atoms with van der Waals surface area (Å²) in [6, 6.07) is 7.16. The van der Waals surface area contributed by atoms with Crippen molar-refractivity contribution in [2.45, 2.75) is 39.2 Å². The SMILES string of the molecule is CCCOc1cccc(C(=O)N2CC(C(=O)O)CCC2C)c1. The van der Waals surface area contributed by atoms with E-state index in [4.69, 9.17) is 4.74 Å². The number of ether oxygens (including phenoxy) is 1. The molecule has 2 rings (SSSR count). The monoisotopic (exact) mass is 305 g/mol. The molecule has 1 aliphatic heterocycles. The van der Waals surface area contributed by atoms with Gasteiger partial charge in [-0.05, 0) is 44.4 Å². The van der Waals surface area contributed by atoms with E-state index >= 15 is 0 Å². The maximum absolute atomic E-state index is 12.7. The molecular weight excluding hydrogens is 282 g/mol. The molecule has 2 unspecified atom stereocenters. The van der Waals surface area contributed by atoms with E-state index in [1.54, 1.807) is 23.1 Å². The van der Waals surface area contributed by atoms with Gasteiger partial charge in [-0.25, -0.2) is 0 Å². The fourth-order valence-corrected chi connectivity index (χ4v) is 2.70. The van der Waals surface area contributed by atoms with Gasteiger partial charge in [0.25, 0.3) is 5.91 Å². The van der Waals surface area contributed by atoms with Crippen LogP contribution in [0.1, 0.15) is 43.5 Å². The van der Waals surface area contributed by atoms with E-state index in [0.29, 0.717) is 30.8 Å². The summed E-state index contributed by atoms with van der Waals surface area (Å²) in [5.41, 5.74) is 0.548. The first-order valence-corrected chi connectivity index (χ1v) is 7.79. The Bertz CT molecular complexity index is 543. The smallest absolute Gasteiger partial charge is 0.308 e. The molecule has 0 saturated carbocycles. The number of likely N-dealkylation sites (tertiary alicyclic amines) is 1. The van der Waals surface area contributed by atoms with Gasteiger partial charge in [-0.15, -0.1) is 0 Å². The molecule has 1 aromatic carbocycles. The first kappa shape index (κ1) is 16.3. The van der Waals surface area contributed by atoms with Crippen LogP contribution in [0.4, 0.5) is 0 Å². The van der Waals surface area contributed by atoms with Crippen LogP contribution in [0.3, 0.4) is 0 Å². The van der Waals surface area contributed by atoms with Gasteiger partial charge in [0.1, 0.15) is 5.75 Å². The minimum absolute atomic E-state index is 0.0586. The van der Waals surface area contributed by atoms with E-state index in [1.807, 2.05) is 19.9 Å². The molecule has 5 heteroatoms. The minimum Gasteiger partial charge on any atom is -0.494 e. The standard InChI is InChI=1S/C17H23NO4/c1-3-9-22-15-6-4-5-13(10-15)16(19)18-11-14(17(20)21)8-7-12(18)2/h4-6,10,12,14H,3,7-9,11H2,1-2H3,(H,20,21). The zero-order valence-corrected chi connectivity index (χ0v) is 13.1. The summed E-state index contributed by atoms with van der Waals surface area (Å²) in [7, 11) is 0. The Morgan fingerprint density at radius 1 is 1.36 bits per heavy atom. The van der Waals surface area contributed by atoms with Gasteiger partial charge in [0.15, 0.2) is 0 Å². The second-order valence-electron chi connectivity index (χ2n) is 5.80. The Balaban J connectivity index is 2.13. The normalized spacial score (nSPS) is 21.5. The molecule has 2 atom stereocenters. The van der Waals surface area contributed by atoms with Gasteiger partial charge in [0, 0.05) is 18.2 Å². The van der Waals surface area contributed by atoms with Crippen LogP contribution in [0, 0.1) is 5.92 Å². The molecule has 0 radical (unpaired) electrons. The highest BCUT2D eigenvalue weighted by Gasteiger charge is 2.32. The predicted molar refractivity (Wildman–Crippen MR) is 83.1 cm³/mol. The van der Waals surface area contributed by atoms with Crippen molar-refractivity contribution in [3.05, 3.63) is 29.8 Å². The Morgan fingerprint density at radius 3 is 2.82 bits per heavy atom. The summed E-state index contributed by atoms with van der Waals surface area (Å²) >= 11 is 0.